The first-order valence-corrected chi connectivity index (χ1v) is 19.1. The van der Waals surface area contributed by atoms with E-state index >= 15 is 0 Å². The number of aliphatic hydroxyl groups excluding tert-OH is 1. The van der Waals surface area contributed by atoms with Gasteiger partial charge in [0.2, 0.25) is 0 Å². The van der Waals surface area contributed by atoms with Crippen LogP contribution in [0.1, 0.15) is 128 Å². The van der Waals surface area contributed by atoms with Crippen LogP contribution in [0, 0.1) is 0 Å². The Morgan fingerprint density at radius 2 is 1.18 bits per heavy atom. The maximum absolute atomic E-state index is 12.5. The van der Waals surface area contributed by atoms with Crippen LogP contribution in [0.4, 0.5) is 4.79 Å². The number of ether oxygens (including phenoxy) is 1. The van der Waals surface area contributed by atoms with Gasteiger partial charge in [-0.3, -0.25) is 4.52 Å². The fourth-order valence-electron chi connectivity index (χ4n) is 4.80. The van der Waals surface area contributed by atoms with E-state index in [1.54, 1.807) is 0 Å². The Labute approximate surface area is 275 Å². The van der Waals surface area contributed by atoms with E-state index in [9.17, 15) is 9.36 Å². The van der Waals surface area contributed by atoms with Crippen LogP contribution in [0.15, 0.2) is 30.3 Å². The summed E-state index contributed by atoms with van der Waals surface area (Å²) in [5.41, 5.74) is 1.01. The zero-order valence-electron chi connectivity index (χ0n) is 29.2. The lowest BCUT2D eigenvalue weighted by Crippen LogP contribution is -2.37. The Balaban J connectivity index is 0.00000149. The Hall–Kier alpha value is -1.48. The number of aliphatic hydroxyl groups is 1. The third kappa shape index (κ3) is 32.3. The Kier molecular flexibility index (Phi) is 27.8. The number of phosphoric ester groups is 1. The van der Waals surface area contributed by atoms with Crippen LogP contribution in [0.5, 0.6) is 0 Å². The molecule has 1 rings (SSSR count). The molecule has 0 radical (unpaired) electrons. The molecule has 10 heteroatoms. The minimum atomic E-state index is -4.26. The third-order valence-electron chi connectivity index (χ3n) is 7.60. The Morgan fingerprint density at radius 1 is 0.733 bits per heavy atom. The van der Waals surface area contributed by atoms with Crippen molar-refractivity contribution in [3.8, 4) is 0 Å². The molecule has 0 bridgehead atoms. The number of unbranched alkanes of at least 4 members (excludes halogenated alkanes) is 16. The molecule has 0 atom stereocenters. The molecule has 0 saturated heterocycles. The summed E-state index contributed by atoms with van der Waals surface area (Å²) in [5, 5.41) is 9.06. The maximum atomic E-state index is 12.5. The number of hydrogen-bond acceptors (Lipinski definition) is 5. The molecule has 264 valence electrons. The molecular weight excluding hydrogens is 591 g/mol. The topological polar surface area (TPSA) is 117 Å². The number of carbonyl (C=O) groups excluding carboxylic acids is 1. The standard InChI is InChI=1S/C30H53NO3.C5H14NO4P/c1-2-3-4-5-6-7-8-9-10-11-12-13-14-15-16-20-25-31(26-21-22-27-32)30(33)34-28-29-23-18-17-19-24-29;1-6(2,3)4-5-10-11(7,8)9/h17-19,23-24,32H,2-16,20-22,25-28H2,1H3;4-5H2,1-3H3,(H-,7,8,9)/p+1. The second kappa shape index (κ2) is 28.7. The van der Waals surface area contributed by atoms with Gasteiger partial charge < -0.3 is 29.0 Å². The van der Waals surface area contributed by atoms with Gasteiger partial charge in [-0.25, -0.2) is 9.36 Å². The smallest absolute Gasteiger partial charge is 0.445 e. The van der Waals surface area contributed by atoms with Crippen molar-refractivity contribution in [1.29, 1.82) is 0 Å². The van der Waals surface area contributed by atoms with Crippen LogP contribution in [-0.2, 0) is 20.4 Å². The number of carbonyl (C=O) groups is 1. The maximum Gasteiger partial charge on any atom is 0.469 e. The van der Waals surface area contributed by atoms with E-state index in [1.165, 1.54) is 96.3 Å². The number of phosphoric acid groups is 1. The highest BCUT2D eigenvalue weighted by molar-refractivity contribution is 7.46. The molecule has 0 fully saturated rings. The average molecular weight is 660 g/mol. The number of rotatable bonds is 27. The van der Waals surface area contributed by atoms with Crippen LogP contribution >= 0.6 is 7.82 Å². The van der Waals surface area contributed by atoms with Crippen molar-refractivity contribution in [3.63, 3.8) is 0 Å². The van der Waals surface area contributed by atoms with Gasteiger partial charge in [-0.15, -0.1) is 0 Å². The quantitative estimate of drug-likeness (QED) is 0.0493. The van der Waals surface area contributed by atoms with Crippen LogP contribution in [0.2, 0.25) is 0 Å². The predicted octanol–water partition coefficient (Wildman–Crippen LogP) is 8.46. The number of hydrogen-bond donors (Lipinski definition) is 3. The lowest BCUT2D eigenvalue weighted by Gasteiger charge is -2.23. The minimum Gasteiger partial charge on any atom is -0.445 e. The molecule has 0 heterocycles. The third-order valence-corrected chi connectivity index (χ3v) is 8.12. The lowest BCUT2D eigenvalue weighted by molar-refractivity contribution is -0.870. The number of amides is 1. The van der Waals surface area contributed by atoms with Crippen LogP contribution in [-0.4, -0.2) is 84.4 Å². The normalized spacial score (nSPS) is 11.6. The van der Waals surface area contributed by atoms with Gasteiger partial charge >= 0.3 is 13.9 Å². The van der Waals surface area contributed by atoms with E-state index in [1.807, 2.05) is 56.4 Å². The second-order valence-corrected chi connectivity index (χ2v) is 14.3. The number of benzene rings is 1. The van der Waals surface area contributed by atoms with Crippen molar-refractivity contribution in [1.82, 2.24) is 4.90 Å². The second-order valence-electron chi connectivity index (χ2n) is 13.1. The van der Waals surface area contributed by atoms with Crippen LogP contribution < -0.4 is 0 Å². The van der Waals surface area contributed by atoms with E-state index < -0.39 is 7.82 Å². The van der Waals surface area contributed by atoms with Gasteiger partial charge in [-0.2, -0.15) is 0 Å². The fraction of sp³-hybridized carbons (Fsp3) is 0.800. The largest absolute Gasteiger partial charge is 0.469 e. The van der Waals surface area contributed by atoms with Gasteiger partial charge in [-0.05, 0) is 24.8 Å². The first kappa shape index (κ1) is 43.5. The molecule has 0 aliphatic heterocycles. The van der Waals surface area contributed by atoms with E-state index in [-0.39, 0.29) is 19.3 Å². The molecule has 0 aliphatic carbocycles. The van der Waals surface area contributed by atoms with Crippen molar-refractivity contribution in [3.05, 3.63) is 35.9 Å². The van der Waals surface area contributed by atoms with Crippen molar-refractivity contribution in [2.24, 2.45) is 0 Å². The molecule has 1 aromatic carbocycles. The summed E-state index contributed by atoms with van der Waals surface area (Å²) in [6, 6.07) is 9.82. The highest BCUT2D eigenvalue weighted by Crippen LogP contribution is 2.35. The van der Waals surface area contributed by atoms with Gasteiger partial charge in [0, 0.05) is 19.7 Å². The average Bonchev–Trinajstić information content (AvgIpc) is 2.98. The molecule has 0 spiro atoms. The molecule has 0 aromatic heterocycles. The fourth-order valence-corrected chi connectivity index (χ4v) is 5.12. The summed E-state index contributed by atoms with van der Waals surface area (Å²) in [6.07, 6.45) is 22.9. The Bertz CT molecular complexity index is 846. The summed E-state index contributed by atoms with van der Waals surface area (Å²) in [4.78, 5) is 31.0. The highest BCUT2D eigenvalue weighted by atomic mass is 31.2. The van der Waals surface area contributed by atoms with Gasteiger partial charge in [0.05, 0.1) is 21.1 Å². The van der Waals surface area contributed by atoms with E-state index in [0.717, 1.165) is 31.4 Å². The van der Waals surface area contributed by atoms with Crippen molar-refractivity contribution in [2.45, 2.75) is 129 Å². The highest BCUT2D eigenvalue weighted by Gasteiger charge is 2.16. The van der Waals surface area contributed by atoms with Crippen molar-refractivity contribution in [2.75, 3.05) is 54.0 Å². The minimum absolute atomic E-state index is 0.0772. The number of nitrogens with zero attached hydrogens (tertiary/aromatic N) is 2. The molecule has 1 aromatic rings. The lowest BCUT2D eigenvalue weighted by atomic mass is 10.0. The molecule has 3 N–H and O–H groups in total. The molecule has 0 unspecified atom stereocenters. The monoisotopic (exact) mass is 659 g/mol. The van der Waals surface area contributed by atoms with Gasteiger partial charge in [0.1, 0.15) is 19.8 Å². The first-order chi connectivity index (χ1) is 21.5. The molecule has 9 nitrogen and oxygen atoms in total. The summed E-state index contributed by atoms with van der Waals surface area (Å²) in [7, 11) is 1.50. The first-order valence-electron chi connectivity index (χ1n) is 17.6. The van der Waals surface area contributed by atoms with Gasteiger partial charge in [-0.1, -0.05) is 134 Å². The van der Waals surface area contributed by atoms with E-state index in [2.05, 4.69) is 11.4 Å². The number of quaternary nitrogens is 1. The Morgan fingerprint density at radius 3 is 1.60 bits per heavy atom. The predicted molar refractivity (Wildman–Crippen MR) is 185 cm³/mol. The number of likely N-dealkylation sites (N-methyl/N-ethyl adjacent to an activating group) is 1. The van der Waals surface area contributed by atoms with Crippen molar-refractivity contribution < 1.29 is 38.0 Å². The summed E-state index contributed by atoms with van der Waals surface area (Å²) in [5.74, 6) is 0. The zero-order chi connectivity index (χ0) is 33.7. The summed E-state index contributed by atoms with van der Waals surface area (Å²) < 4.78 is 20.6. The van der Waals surface area contributed by atoms with Crippen LogP contribution in [0.25, 0.3) is 0 Å². The summed E-state index contributed by atoms with van der Waals surface area (Å²) >= 11 is 0. The molecule has 1 amide bonds. The molecule has 45 heavy (non-hydrogen) atoms. The van der Waals surface area contributed by atoms with Gasteiger partial charge in [0.15, 0.2) is 0 Å². The molecule has 0 saturated carbocycles. The molecule has 0 aliphatic rings. The van der Waals surface area contributed by atoms with Gasteiger partial charge in [0.25, 0.3) is 0 Å². The van der Waals surface area contributed by atoms with Crippen molar-refractivity contribution >= 4 is 13.9 Å². The SMILES string of the molecule is CCCCCCCCCCCCCCCCCCN(CCCCO)C(=O)OCc1ccccc1.C[N+](C)(C)CCOP(=O)(O)O. The van der Waals surface area contributed by atoms with E-state index in [0.29, 0.717) is 24.2 Å². The molecular formula is C35H68N2O7P+. The van der Waals surface area contributed by atoms with E-state index in [4.69, 9.17) is 19.6 Å². The zero-order valence-corrected chi connectivity index (χ0v) is 30.1. The van der Waals surface area contributed by atoms with Crippen LogP contribution in [0.3, 0.4) is 0 Å². The summed E-state index contributed by atoms with van der Waals surface area (Å²) in [6.45, 7) is 4.83.